The van der Waals surface area contributed by atoms with Crippen molar-refractivity contribution in [2.45, 2.75) is 51.0 Å². The lowest BCUT2D eigenvalue weighted by Crippen LogP contribution is -2.53. The van der Waals surface area contributed by atoms with Crippen LogP contribution in [0.5, 0.6) is 0 Å². The summed E-state index contributed by atoms with van der Waals surface area (Å²) in [5, 5.41) is 11.9. The molecule has 0 radical (unpaired) electrons. The number of oxime groups is 1. The Hall–Kier alpha value is -0.860. The molecule has 2 rings (SSSR count). The summed E-state index contributed by atoms with van der Waals surface area (Å²) in [5.41, 5.74) is 5.71. The molecule has 7 nitrogen and oxygen atoms in total. The number of nitrogens with two attached hydrogens (primary N) is 1. The van der Waals surface area contributed by atoms with Gasteiger partial charge in [-0.25, -0.2) is 0 Å². The molecule has 4 N–H and O–H groups in total. The average Bonchev–Trinajstić information content (AvgIpc) is 3.00. The zero-order chi connectivity index (χ0) is 14.6. The topological polar surface area (TPSA) is 108 Å². The van der Waals surface area contributed by atoms with Crippen LogP contribution in [-0.4, -0.2) is 42.9 Å². The molecule has 1 saturated heterocycles. The second-order valence-corrected chi connectivity index (χ2v) is 7.33. The monoisotopic (exact) mass is 304 g/mol. The van der Waals surface area contributed by atoms with Gasteiger partial charge < -0.3 is 10.9 Å². The van der Waals surface area contributed by atoms with Gasteiger partial charge in [-0.1, -0.05) is 24.4 Å². The van der Waals surface area contributed by atoms with Gasteiger partial charge in [0.05, 0.1) is 6.04 Å². The lowest BCUT2D eigenvalue weighted by Gasteiger charge is -2.31. The van der Waals surface area contributed by atoms with Crippen molar-refractivity contribution in [3.8, 4) is 0 Å². The van der Waals surface area contributed by atoms with E-state index in [0.29, 0.717) is 13.1 Å². The van der Waals surface area contributed by atoms with Gasteiger partial charge in [0, 0.05) is 13.1 Å². The van der Waals surface area contributed by atoms with E-state index in [4.69, 9.17) is 10.9 Å². The van der Waals surface area contributed by atoms with Crippen LogP contribution in [0.1, 0.15) is 44.9 Å². The molecule has 116 valence electrons. The van der Waals surface area contributed by atoms with Crippen LogP contribution >= 0.6 is 0 Å². The molecule has 0 aromatic carbocycles. The Bertz CT molecular complexity index is 440. The minimum atomic E-state index is -3.55. The largest absolute Gasteiger partial charge is 0.409 e. The van der Waals surface area contributed by atoms with Crippen LogP contribution in [0, 0.1) is 5.92 Å². The maximum absolute atomic E-state index is 12.3. The number of hydrogen-bond acceptors (Lipinski definition) is 4. The van der Waals surface area contributed by atoms with Crippen LogP contribution in [0.25, 0.3) is 0 Å². The summed E-state index contributed by atoms with van der Waals surface area (Å²) in [6, 6.07) is -0.606. The van der Waals surface area contributed by atoms with Gasteiger partial charge in [-0.15, -0.1) is 0 Å². The SMILES string of the molecule is N/C(=N\O)C(NS(=O)(=O)N1CCCC1)C1CCCCC1. The normalized spacial score (nSPS) is 24.9. The van der Waals surface area contributed by atoms with Crippen molar-refractivity contribution in [2.75, 3.05) is 13.1 Å². The van der Waals surface area contributed by atoms with E-state index in [2.05, 4.69) is 9.88 Å². The first-order chi connectivity index (χ1) is 9.54. The third-order valence-electron chi connectivity index (χ3n) is 4.24. The van der Waals surface area contributed by atoms with Gasteiger partial charge in [-0.3, -0.25) is 0 Å². The molecule has 0 bridgehead atoms. The molecule has 1 unspecified atom stereocenters. The molecule has 8 heteroatoms. The van der Waals surface area contributed by atoms with Crippen molar-refractivity contribution in [3.05, 3.63) is 0 Å². The second-order valence-electron chi connectivity index (χ2n) is 5.63. The predicted octanol–water partition coefficient (Wildman–Crippen LogP) is 0.612. The second kappa shape index (κ2) is 6.73. The lowest BCUT2D eigenvalue weighted by molar-refractivity contribution is 0.296. The van der Waals surface area contributed by atoms with Gasteiger partial charge in [-0.2, -0.15) is 17.4 Å². The maximum Gasteiger partial charge on any atom is 0.280 e. The van der Waals surface area contributed by atoms with Crippen molar-refractivity contribution in [1.82, 2.24) is 9.03 Å². The van der Waals surface area contributed by atoms with Crippen LogP contribution < -0.4 is 10.5 Å². The number of hydrogen-bond donors (Lipinski definition) is 3. The molecule has 2 fully saturated rings. The summed E-state index contributed by atoms with van der Waals surface area (Å²) in [6.07, 6.45) is 6.87. The fourth-order valence-electron chi connectivity index (χ4n) is 3.09. The van der Waals surface area contributed by atoms with E-state index in [1.807, 2.05) is 0 Å². The Morgan fingerprint density at radius 2 is 1.80 bits per heavy atom. The van der Waals surface area contributed by atoms with E-state index in [1.54, 1.807) is 0 Å². The Morgan fingerprint density at radius 1 is 1.20 bits per heavy atom. The number of nitrogens with zero attached hydrogens (tertiary/aromatic N) is 2. The van der Waals surface area contributed by atoms with E-state index in [1.165, 1.54) is 4.31 Å². The average molecular weight is 304 g/mol. The van der Waals surface area contributed by atoms with Crippen molar-refractivity contribution < 1.29 is 13.6 Å². The molecule has 0 aromatic heterocycles. The standard InChI is InChI=1S/C12H24N4O3S/c13-12(14-17)11(10-6-2-1-3-7-10)15-20(18,19)16-8-4-5-9-16/h10-11,15,17H,1-9H2,(H2,13,14). The van der Waals surface area contributed by atoms with Crippen LogP contribution in [0.15, 0.2) is 5.16 Å². The molecule has 1 saturated carbocycles. The number of amidine groups is 1. The van der Waals surface area contributed by atoms with Crippen molar-refractivity contribution in [1.29, 1.82) is 0 Å². The first-order valence-corrected chi connectivity index (χ1v) is 8.73. The molecule has 1 heterocycles. The van der Waals surface area contributed by atoms with Crippen molar-refractivity contribution in [2.24, 2.45) is 16.8 Å². The molecule has 0 spiro atoms. The maximum atomic E-state index is 12.3. The Labute approximate surface area is 120 Å². The van der Waals surface area contributed by atoms with E-state index in [0.717, 1.165) is 44.9 Å². The zero-order valence-electron chi connectivity index (χ0n) is 11.7. The quantitative estimate of drug-likeness (QED) is 0.299. The summed E-state index contributed by atoms with van der Waals surface area (Å²) in [7, 11) is -3.55. The minimum absolute atomic E-state index is 0.0420. The molecule has 1 aliphatic heterocycles. The van der Waals surface area contributed by atoms with Gasteiger partial charge in [0.2, 0.25) is 0 Å². The van der Waals surface area contributed by atoms with Crippen LogP contribution in [0.4, 0.5) is 0 Å². The summed E-state index contributed by atoms with van der Waals surface area (Å²) >= 11 is 0. The Kier molecular flexibility index (Phi) is 5.22. The highest BCUT2D eigenvalue weighted by molar-refractivity contribution is 7.87. The third-order valence-corrected chi connectivity index (χ3v) is 5.83. The summed E-state index contributed by atoms with van der Waals surface area (Å²) in [6.45, 7) is 1.09. The van der Waals surface area contributed by atoms with Gasteiger partial charge in [0.15, 0.2) is 5.84 Å². The van der Waals surface area contributed by atoms with Gasteiger partial charge in [-0.05, 0) is 31.6 Å². The fourth-order valence-corrected chi connectivity index (χ4v) is 4.61. The van der Waals surface area contributed by atoms with Crippen LogP contribution in [0.3, 0.4) is 0 Å². The molecular formula is C12H24N4O3S. The number of rotatable bonds is 5. The summed E-state index contributed by atoms with van der Waals surface area (Å²) in [4.78, 5) is 0. The highest BCUT2D eigenvalue weighted by atomic mass is 32.2. The fraction of sp³-hybridized carbons (Fsp3) is 0.917. The smallest absolute Gasteiger partial charge is 0.280 e. The molecule has 0 amide bonds. The van der Waals surface area contributed by atoms with Crippen molar-refractivity contribution in [3.63, 3.8) is 0 Å². The molecule has 1 aliphatic carbocycles. The van der Waals surface area contributed by atoms with E-state index in [-0.39, 0.29) is 11.8 Å². The molecule has 1 atom stereocenters. The molecule has 2 aliphatic rings. The third kappa shape index (κ3) is 3.62. The van der Waals surface area contributed by atoms with Gasteiger partial charge >= 0.3 is 0 Å². The van der Waals surface area contributed by atoms with E-state index >= 15 is 0 Å². The zero-order valence-corrected chi connectivity index (χ0v) is 12.5. The lowest BCUT2D eigenvalue weighted by atomic mass is 9.84. The summed E-state index contributed by atoms with van der Waals surface area (Å²) < 4.78 is 28.7. The highest BCUT2D eigenvalue weighted by Crippen LogP contribution is 2.27. The minimum Gasteiger partial charge on any atom is -0.409 e. The van der Waals surface area contributed by atoms with Gasteiger partial charge in [0.1, 0.15) is 0 Å². The van der Waals surface area contributed by atoms with E-state index in [9.17, 15) is 8.42 Å². The van der Waals surface area contributed by atoms with E-state index < -0.39 is 16.3 Å². The van der Waals surface area contributed by atoms with Crippen molar-refractivity contribution >= 4 is 16.0 Å². The molecular weight excluding hydrogens is 280 g/mol. The molecule has 20 heavy (non-hydrogen) atoms. The number of nitrogens with one attached hydrogen (secondary N) is 1. The Balaban J connectivity index is 2.10. The van der Waals surface area contributed by atoms with Gasteiger partial charge in [0.25, 0.3) is 10.2 Å². The highest BCUT2D eigenvalue weighted by Gasteiger charge is 2.34. The van der Waals surface area contributed by atoms with Crippen LogP contribution in [-0.2, 0) is 10.2 Å². The first kappa shape index (κ1) is 15.5. The predicted molar refractivity (Wildman–Crippen MR) is 76.6 cm³/mol. The van der Waals surface area contributed by atoms with Crippen LogP contribution in [0.2, 0.25) is 0 Å². The molecule has 0 aromatic rings. The Morgan fingerprint density at radius 3 is 2.35 bits per heavy atom. The summed E-state index contributed by atoms with van der Waals surface area (Å²) in [5.74, 6) is 0.0664. The first-order valence-electron chi connectivity index (χ1n) is 7.29.